The van der Waals surface area contributed by atoms with Crippen LogP contribution >= 0.6 is 27.5 Å². The molecular formula is C14H12BrClFN. The van der Waals surface area contributed by atoms with Crippen molar-refractivity contribution in [1.82, 2.24) is 0 Å². The molecule has 1 atom stereocenters. The summed E-state index contributed by atoms with van der Waals surface area (Å²) in [6.45, 7) is 1.72. The van der Waals surface area contributed by atoms with Gasteiger partial charge in [-0.2, -0.15) is 0 Å². The van der Waals surface area contributed by atoms with E-state index in [4.69, 9.17) is 17.3 Å². The zero-order valence-electron chi connectivity index (χ0n) is 9.75. The van der Waals surface area contributed by atoms with Crippen molar-refractivity contribution in [3.63, 3.8) is 0 Å². The lowest BCUT2D eigenvalue weighted by Gasteiger charge is -2.15. The largest absolute Gasteiger partial charge is 0.320 e. The number of nitrogens with two attached hydrogens (primary N) is 1. The fourth-order valence-corrected chi connectivity index (χ4v) is 2.43. The summed E-state index contributed by atoms with van der Waals surface area (Å²) in [7, 11) is 0. The first-order valence-corrected chi connectivity index (χ1v) is 6.63. The lowest BCUT2D eigenvalue weighted by atomic mass is 9.98. The minimum absolute atomic E-state index is 0.230. The molecule has 0 fully saturated rings. The van der Waals surface area contributed by atoms with Crippen LogP contribution in [0.4, 0.5) is 4.39 Å². The predicted molar refractivity (Wildman–Crippen MR) is 76.3 cm³/mol. The van der Waals surface area contributed by atoms with Gasteiger partial charge in [0.05, 0.1) is 11.1 Å². The molecule has 0 radical (unpaired) electrons. The number of halogens is 3. The third-order valence-electron chi connectivity index (χ3n) is 2.86. The van der Waals surface area contributed by atoms with Crippen LogP contribution in [-0.2, 0) is 0 Å². The molecule has 94 valence electrons. The second-order valence-corrected chi connectivity index (χ2v) is 5.36. The molecule has 2 rings (SSSR count). The highest BCUT2D eigenvalue weighted by Crippen LogP contribution is 2.32. The summed E-state index contributed by atoms with van der Waals surface area (Å²) in [4.78, 5) is 0. The van der Waals surface area contributed by atoms with Crippen molar-refractivity contribution < 1.29 is 4.39 Å². The van der Waals surface area contributed by atoms with Gasteiger partial charge in [-0.15, -0.1) is 0 Å². The van der Waals surface area contributed by atoms with Crippen LogP contribution in [-0.4, -0.2) is 0 Å². The highest BCUT2D eigenvalue weighted by atomic mass is 79.9. The van der Waals surface area contributed by atoms with Crippen LogP contribution in [0.1, 0.15) is 22.7 Å². The molecule has 18 heavy (non-hydrogen) atoms. The molecule has 2 aromatic rings. The van der Waals surface area contributed by atoms with Crippen molar-refractivity contribution in [2.24, 2.45) is 5.73 Å². The van der Waals surface area contributed by atoms with Gasteiger partial charge in [-0.25, -0.2) is 4.39 Å². The predicted octanol–water partition coefficient (Wildman–Crippen LogP) is 4.60. The summed E-state index contributed by atoms with van der Waals surface area (Å²) in [5.41, 5.74) is 8.41. The number of hydrogen-bond donors (Lipinski definition) is 1. The van der Waals surface area contributed by atoms with Crippen molar-refractivity contribution in [2.75, 3.05) is 0 Å². The first-order chi connectivity index (χ1) is 8.50. The van der Waals surface area contributed by atoms with Crippen LogP contribution in [0.5, 0.6) is 0 Å². The van der Waals surface area contributed by atoms with Crippen molar-refractivity contribution in [3.05, 3.63) is 68.4 Å². The van der Waals surface area contributed by atoms with Crippen LogP contribution in [0.25, 0.3) is 0 Å². The van der Waals surface area contributed by atoms with Gasteiger partial charge in [0.25, 0.3) is 0 Å². The first-order valence-electron chi connectivity index (χ1n) is 5.46. The van der Waals surface area contributed by atoms with E-state index in [0.29, 0.717) is 10.6 Å². The molecule has 0 aliphatic rings. The standard InChI is InChI=1S/C14H12BrClFN/c1-8-7-9(5-6-12(8)17)14(18)10-3-2-4-11(15)13(10)16/h2-7,14H,18H2,1H3. The molecule has 0 spiro atoms. The van der Waals surface area contributed by atoms with Crippen LogP contribution in [0.3, 0.4) is 0 Å². The minimum atomic E-state index is -0.366. The number of rotatable bonds is 2. The quantitative estimate of drug-likeness (QED) is 0.856. The van der Waals surface area contributed by atoms with Gasteiger partial charge in [0.1, 0.15) is 5.82 Å². The Morgan fingerprint density at radius 3 is 2.67 bits per heavy atom. The van der Waals surface area contributed by atoms with Gasteiger partial charge in [0.15, 0.2) is 0 Å². The average Bonchev–Trinajstić information content (AvgIpc) is 2.35. The van der Waals surface area contributed by atoms with Crippen molar-refractivity contribution in [1.29, 1.82) is 0 Å². The molecule has 0 heterocycles. The summed E-state index contributed by atoms with van der Waals surface area (Å²) in [5.74, 6) is -0.230. The lowest BCUT2D eigenvalue weighted by molar-refractivity contribution is 0.617. The molecule has 2 aromatic carbocycles. The Kier molecular flexibility index (Phi) is 4.05. The van der Waals surface area contributed by atoms with E-state index in [1.54, 1.807) is 19.1 Å². The highest BCUT2D eigenvalue weighted by molar-refractivity contribution is 9.10. The summed E-state index contributed by atoms with van der Waals surface area (Å²) in [6.07, 6.45) is 0. The van der Waals surface area contributed by atoms with Crippen LogP contribution in [0, 0.1) is 12.7 Å². The van der Waals surface area contributed by atoms with Gasteiger partial charge >= 0.3 is 0 Å². The van der Waals surface area contributed by atoms with Gasteiger partial charge in [0, 0.05) is 4.47 Å². The molecule has 0 saturated heterocycles. The Morgan fingerprint density at radius 2 is 2.00 bits per heavy atom. The number of hydrogen-bond acceptors (Lipinski definition) is 1. The normalized spacial score (nSPS) is 12.5. The van der Waals surface area contributed by atoms with Gasteiger partial charge in [0.2, 0.25) is 0 Å². The lowest BCUT2D eigenvalue weighted by Crippen LogP contribution is -2.13. The van der Waals surface area contributed by atoms with Crippen molar-refractivity contribution in [3.8, 4) is 0 Å². The molecule has 0 saturated carbocycles. The van der Waals surface area contributed by atoms with Crippen LogP contribution in [0.2, 0.25) is 5.02 Å². The van der Waals surface area contributed by atoms with Gasteiger partial charge in [-0.05, 0) is 51.7 Å². The second kappa shape index (κ2) is 5.39. The van der Waals surface area contributed by atoms with E-state index in [2.05, 4.69) is 15.9 Å². The van der Waals surface area contributed by atoms with E-state index in [9.17, 15) is 4.39 Å². The summed E-state index contributed by atoms with van der Waals surface area (Å²) in [6, 6.07) is 10.1. The number of benzene rings is 2. The third-order valence-corrected chi connectivity index (χ3v) is 4.17. The zero-order valence-corrected chi connectivity index (χ0v) is 12.1. The van der Waals surface area contributed by atoms with Gasteiger partial charge in [-0.1, -0.05) is 35.9 Å². The van der Waals surface area contributed by atoms with Crippen molar-refractivity contribution >= 4 is 27.5 Å². The molecule has 0 aliphatic heterocycles. The third kappa shape index (κ3) is 2.58. The van der Waals surface area contributed by atoms with Crippen LogP contribution < -0.4 is 5.73 Å². The Hall–Kier alpha value is -0.900. The van der Waals surface area contributed by atoms with Crippen LogP contribution in [0.15, 0.2) is 40.9 Å². The van der Waals surface area contributed by atoms with E-state index >= 15 is 0 Å². The SMILES string of the molecule is Cc1cc(C(N)c2cccc(Br)c2Cl)ccc1F. The Balaban J connectivity index is 2.44. The van der Waals surface area contributed by atoms with E-state index in [1.807, 2.05) is 18.2 Å². The Bertz CT molecular complexity index is 586. The fourth-order valence-electron chi connectivity index (χ4n) is 1.80. The molecule has 2 N–H and O–H groups in total. The molecule has 0 aromatic heterocycles. The topological polar surface area (TPSA) is 26.0 Å². The maximum Gasteiger partial charge on any atom is 0.126 e. The van der Waals surface area contributed by atoms with E-state index in [-0.39, 0.29) is 11.9 Å². The maximum absolute atomic E-state index is 13.2. The second-order valence-electron chi connectivity index (χ2n) is 4.13. The molecule has 0 amide bonds. The van der Waals surface area contributed by atoms with E-state index in [0.717, 1.165) is 15.6 Å². The monoisotopic (exact) mass is 327 g/mol. The zero-order chi connectivity index (χ0) is 13.3. The smallest absolute Gasteiger partial charge is 0.126 e. The fraction of sp³-hybridized carbons (Fsp3) is 0.143. The molecule has 0 aliphatic carbocycles. The maximum atomic E-state index is 13.2. The summed E-state index contributed by atoms with van der Waals surface area (Å²) >= 11 is 9.57. The summed E-state index contributed by atoms with van der Waals surface area (Å²) < 4.78 is 14.0. The molecular weight excluding hydrogens is 317 g/mol. The van der Waals surface area contributed by atoms with E-state index < -0.39 is 0 Å². The molecule has 0 bridgehead atoms. The first kappa shape index (κ1) is 13.5. The Labute approximate surface area is 119 Å². The van der Waals surface area contributed by atoms with Gasteiger partial charge < -0.3 is 5.73 Å². The molecule has 1 unspecified atom stereocenters. The van der Waals surface area contributed by atoms with Crippen molar-refractivity contribution in [2.45, 2.75) is 13.0 Å². The Morgan fingerprint density at radius 1 is 1.28 bits per heavy atom. The average molecular weight is 329 g/mol. The number of aryl methyl sites for hydroxylation is 1. The highest BCUT2D eigenvalue weighted by Gasteiger charge is 2.14. The molecule has 1 nitrogen and oxygen atoms in total. The van der Waals surface area contributed by atoms with Gasteiger partial charge in [-0.3, -0.25) is 0 Å². The summed E-state index contributed by atoms with van der Waals surface area (Å²) in [5, 5.41) is 0.590. The minimum Gasteiger partial charge on any atom is -0.320 e. The molecule has 4 heteroatoms. The van der Waals surface area contributed by atoms with E-state index in [1.165, 1.54) is 6.07 Å².